The van der Waals surface area contributed by atoms with Gasteiger partial charge >= 0.3 is 0 Å². The molecule has 1 unspecified atom stereocenters. The van der Waals surface area contributed by atoms with Gasteiger partial charge < -0.3 is 10.6 Å². The number of hydrogen-bond donors (Lipinski definition) is 2. The molecule has 3 rings (SSSR count). The number of carbonyl (C=O) groups excluding carboxylic acids is 1. The highest BCUT2D eigenvalue weighted by Gasteiger charge is 2.22. The topological polar surface area (TPSA) is 75.3 Å². The molecule has 7 heteroatoms. The zero-order valence-corrected chi connectivity index (χ0v) is 15.3. The van der Waals surface area contributed by atoms with Gasteiger partial charge in [0.25, 0.3) is 0 Å². The Kier molecular flexibility index (Phi) is 5.13. The number of carbonyl (C=O) groups is 1. The Bertz CT molecular complexity index is 906. The van der Waals surface area contributed by atoms with Crippen molar-refractivity contribution >= 4 is 33.0 Å². The summed E-state index contributed by atoms with van der Waals surface area (Å²) >= 11 is 6.31. The van der Waals surface area contributed by atoms with E-state index in [4.69, 9.17) is 11.6 Å². The fourth-order valence-electron chi connectivity index (χ4n) is 2.94. The Morgan fingerprint density at radius 3 is 2.64 bits per heavy atom. The van der Waals surface area contributed by atoms with Gasteiger partial charge in [-0.15, -0.1) is 0 Å². The van der Waals surface area contributed by atoms with Crippen molar-refractivity contribution in [1.82, 2.24) is 5.32 Å². The minimum Gasteiger partial charge on any atom is -0.323 e. The molecule has 0 spiro atoms. The summed E-state index contributed by atoms with van der Waals surface area (Å²) in [4.78, 5) is 12.4. The second-order valence-electron chi connectivity index (χ2n) is 6.10. The van der Waals surface area contributed by atoms with Crippen LogP contribution in [0.1, 0.15) is 12.8 Å². The van der Waals surface area contributed by atoms with Crippen LogP contribution in [0, 0.1) is 0 Å². The second kappa shape index (κ2) is 7.15. The number of anilines is 1. The fourth-order valence-corrected chi connectivity index (χ4v) is 4.08. The van der Waals surface area contributed by atoms with Crippen molar-refractivity contribution in [1.29, 1.82) is 0 Å². The highest BCUT2D eigenvalue weighted by atomic mass is 35.5. The van der Waals surface area contributed by atoms with Gasteiger partial charge in [0.1, 0.15) is 0 Å². The van der Waals surface area contributed by atoms with Crippen LogP contribution in [0.3, 0.4) is 0 Å². The normalized spacial score (nSPS) is 17.4. The molecule has 2 N–H and O–H groups in total. The van der Waals surface area contributed by atoms with Crippen LogP contribution in [0.25, 0.3) is 11.1 Å². The van der Waals surface area contributed by atoms with Crippen molar-refractivity contribution in [2.24, 2.45) is 0 Å². The van der Waals surface area contributed by atoms with Crippen molar-refractivity contribution < 1.29 is 13.2 Å². The van der Waals surface area contributed by atoms with E-state index in [0.29, 0.717) is 21.8 Å². The molecule has 0 radical (unpaired) electrons. The van der Waals surface area contributed by atoms with Gasteiger partial charge in [0, 0.05) is 11.8 Å². The second-order valence-corrected chi connectivity index (χ2v) is 8.49. The number of benzene rings is 2. The summed E-state index contributed by atoms with van der Waals surface area (Å²) in [6.45, 7) is 0.840. The Balaban J connectivity index is 1.89. The average Bonchev–Trinajstić information content (AvgIpc) is 3.10. The molecule has 1 fully saturated rings. The van der Waals surface area contributed by atoms with Crippen molar-refractivity contribution in [2.45, 2.75) is 23.8 Å². The van der Waals surface area contributed by atoms with Crippen LogP contribution in [-0.4, -0.2) is 33.2 Å². The molecule has 1 aliphatic rings. The minimum absolute atomic E-state index is 0.108. The van der Waals surface area contributed by atoms with E-state index >= 15 is 0 Å². The summed E-state index contributed by atoms with van der Waals surface area (Å²) < 4.78 is 23.9. The van der Waals surface area contributed by atoms with Crippen molar-refractivity contribution in [2.75, 3.05) is 18.1 Å². The van der Waals surface area contributed by atoms with E-state index in [9.17, 15) is 13.2 Å². The first-order valence-electron chi connectivity index (χ1n) is 7.99. The number of halogens is 1. The van der Waals surface area contributed by atoms with Gasteiger partial charge in [-0.2, -0.15) is 0 Å². The molecule has 1 saturated heterocycles. The molecule has 1 atom stereocenters. The van der Waals surface area contributed by atoms with E-state index < -0.39 is 9.84 Å². The van der Waals surface area contributed by atoms with E-state index in [1.165, 1.54) is 6.26 Å². The molecule has 0 bridgehead atoms. The van der Waals surface area contributed by atoms with Crippen molar-refractivity contribution in [3.05, 3.63) is 47.5 Å². The zero-order chi connectivity index (χ0) is 18.0. The lowest BCUT2D eigenvalue weighted by molar-refractivity contribution is -0.117. The molecule has 1 heterocycles. The molecule has 0 aromatic heterocycles. The molecule has 1 aliphatic heterocycles. The number of sulfone groups is 1. The first kappa shape index (κ1) is 17.9. The molecule has 0 aliphatic carbocycles. The molecule has 25 heavy (non-hydrogen) atoms. The van der Waals surface area contributed by atoms with Crippen LogP contribution in [-0.2, 0) is 14.6 Å². The van der Waals surface area contributed by atoms with Gasteiger partial charge in [0.15, 0.2) is 9.84 Å². The first-order valence-corrected chi connectivity index (χ1v) is 10.3. The van der Waals surface area contributed by atoms with Crippen molar-refractivity contribution in [3.63, 3.8) is 0 Å². The maximum Gasteiger partial charge on any atom is 0.241 e. The summed E-state index contributed by atoms with van der Waals surface area (Å²) in [5.74, 6) is -0.108. The predicted molar refractivity (Wildman–Crippen MR) is 99.7 cm³/mol. The summed E-state index contributed by atoms with van der Waals surface area (Å²) in [6, 6.07) is 11.7. The number of amides is 1. The summed E-state index contributed by atoms with van der Waals surface area (Å²) in [7, 11) is -3.36. The monoisotopic (exact) mass is 378 g/mol. The summed E-state index contributed by atoms with van der Waals surface area (Å²) in [5, 5.41) is 6.33. The highest BCUT2D eigenvalue weighted by Crippen LogP contribution is 2.32. The van der Waals surface area contributed by atoms with E-state index in [0.717, 1.165) is 19.4 Å². The smallest absolute Gasteiger partial charge is 0.241 e. The lowest BCUT2D eigenvalue weighted by Gasteiger charge is -2.14. The van der Waals surface area contributed by atoms with Crippen LogP contribution < -0.4 is 10.6 Å². The Labute approximate surface area is 152 Å². The van der Waals surface area contributed by atoms with Gasteiger partial charge in [0.05, 0.1) is 21.6 Å². The van der Waals surface area contributed by atoms with Crippen LogP contribution in [0.5, 0.6) is 0 Å². The van der Waals surface area contributed by atoms with Crippen LogP contribution in [0.4, 0.5) is 5.69 Å². The third-order valence-corrected chi connectivity index (χ3v) is 5.67. The largest absolute Gasteiger partial charge is 0.323 e. The standard InChI is InChI=1S/C18H19ClN2O3S/c1-25(23,24)17-7-3-2-5-13(17)12-8-9-15(14(19)11-12)21-18(22)16-6-4-10-20-16/h2-3,5,7-9,11,16,20H,4,6,10H2,1H3,(H,21,22). The lowest BCUT2D eigenvalue weighted by atomic mass is 10.1. The molecule has 2 aromatic rings. The SMILES string of the molecule is CS(=O)(=O)c1ccccc1-c1ccc(NC(=O)C2CCCN2)c(Cl)c1. The van der Waals surface area contributed by atoms with Crippen molar-refractivity contribution in [3.8, 4) is 11.1 Å². The van der Waals surface area contributed by atoms with Gasteiger partial charge in [-0.05, 0) is 43.1 Å². The Morgan fingerprint density at radius 2 is 2.00 bits per heavy atom. The first-order chi connectivity index (χ1) is 11.9. The quantitative estimate of drug-likeness (QED) is 0.857. The summed E-state index contributed by atoms with van der Waals surface area (Å²) in [6.07, 6.45) is 2.97. The van der Waals surface area contributed by atoms with Gasteiger partial charge in [-0.3, -0.25) is 4.79 Å². The molecular formula is C18H19ClN2O3S. The average molecular weight is 379 g/mol. The zero-order valence-electron chi connectivity index (χ0n) is 13.8. The van der Waals surface area contributed by atoms with Gasteiger partial charge in [-0.25, -0.2) is 8.42 Å². The number of hydrogen-bond acceptors (Lipinski definition) is 4. The van der Waals surface area contributed by atoms with Crippen LogP contribution >= 0.6 is 11.6 Å². The number of nitrogens with one attached hydrogen (secondary N) is 2. The molecule has 1 amide bonds. The molecule has 0 saturated carbocycles. The maximum absolute atomic E-state index is 12.2. The maximum atomic E-state index is 12.2. The third-order valence-electron chi connectivity index (χ3n) is 4.20. The van der Waals surface area contributed by atoms with E-state index in [1.54, 1.807) is 42.5 Å². The minimum atomic E-state index is -3.36. The third kappa shape index (κ3) is 4.03. The van der Waals surface area contributed by atoms with Gasteiger partial charge in [-0.1, -0.05) is 35.9 Å². The van der Waals surface area contributed by atoms with E-state index in [1.807, 2.05) is 0 Å². The highest BCUT2D eigenvalue weighted by molar-refractivity contribution is 7.90. The predicted octanol–water partition coefficient (Wildman–Crippen LogP) is 3.10. The Hall–Kier alpha value is -1.89. The lowest BCUT2D eigenvalue weighted by Crippen LogP contribution is -2.35. The van der Waals surface area contributed by atoms with Gasteiger partial charge in [0.2, 0.25) is 5.91 Å². The van der Waals surface area contributed by atoms with E-state index in [-0.39, 0.29) is 16.8 Å². The molecule has 5 nitrogen and oxygen atoms in total. The van der Waals surface area contributed by atoms with Crippen LogP contribution in [0.15, 0.2) is 47.4 Å². The molecule has 2 aromatic carbocycles. The summed E-state index contributed by atoms with van der Waals surface area (Å²) in [5.41, 5.74) is 1.78. The number of rotatable bonds is 4. The Morgan fingerprint density at radius 1 is 1.24 bits per heavy atom. The molecule has 132 valence electrons. The molecular weight excluding hydrogens is 360 g/mol. The van der Waals surface area contributed by atoms with E-state index in [2.05, 4.69) is 10.6 Å². The fraction of sp³-hybridized carbons (Fsp3) is 0.278. The van der Waals surface area contributed by atoms with Crippen LogP contribution in [0.2, 0.25) is 5.02 Å².